The van der Waals surface area contributed by atoms with Gasteiger partial charge in [0.2, 0.25) is 0 Å². The summed E-state index contributed by atoms with van der Waals surface area (Å²) in [4.78, 5) is 15.0. The molecule has 2 fully saturated rings. The predicted molar refractivity (Wildman–Crippen MR) is 109 cm³/mol. The van der Waals surface area contributed by atoms with E-state index in [1.807, 2.05) is 0 Å². The number of nitrogens with one attached hydrogen (secondary N) is 1. The summed E-state index contributed by atoms with van der Waals surface area (Å²) in [5.74, 6) is 0.317. The number of halogens is 3. The van der Waals surface area contributed by atoms with Gasteiger partial charge < -0.3 is 10.2 Å². The van der Waals surface area contributed by atoms with Crippen molar-refractivity contribution in [1.29, 1.82) is 0 Å². The predicted octanol–water partition coefficient (Wildman–Crippen LogP) is 3.73. The second kappa shape index (κ2) is 9.38. The van der Waals surface area contributed by atoms with Gasteiger partial charge in [-0.2, -0.15) is 13.2 Å². The monoisotopic (exact) mass is 435 g/mol. The Morgan fingerprint density at radius 2 is 2.00 bits per heavy atom. The number of hydrogen-bond donors (Lipinski definition) is 1. The maximum absolute atomic E-state index is 12.9. The fourth-order valence-electron chi connectivity index (χ4n) is 4.89. The molecular weight excluding hydrogens is 407 g/mol. The van der Waals surface area contributed by atoms with E-state index in [1.54, 1.807) is 6.07 Å². The van der Waals surface area contributed by atoms with Crippen LogP contribution < -0.4 is 5.32 Å². The van der Waals surface area contributed by atoms with Crippen LogP contribution in [0.3, 0.4) is 0 Å². The van der Waals surface area contributed by atoms with E-state index >= 15 is 0 Å². The lowest BCUT2D eigenvalue weighted by Gasteiger charge is -2.44. The van der Waals surface area contributed by atoms with Gasteiger partial charge in [0.25, 0.3) is 5.91 Å². The molecule has 168 valence electrons. The third kappa shape index (κ3) is 5.44. The van der Waals surface area contributed by atoms with Gasteiger partial charge in [-0.1, -0.05) is 23.8 Å². The molecule has 0 bridgehead atoms. The summed E-state index contributed by atoms with van der Waals surface area (Å²) in [6, 6.07) is 5.72. The first-order valence-electron chi connectivity index (χ1n) is 11.0. The van der Waals surface area contributed by atoms with Gasteiger partial charge in [-0.3, -0.25) is 4.79 Å². The molecule has 9 heteroatoms. The normalized spacial score (nSPS) is 22.2. The second-order valence-corrected chi connectivity index (χ2v) is 8.55. The van der Waals surface area contributed by atoms with Crippen molar-refractivity contribution >= 4 is 5.91 Å². The van der Waals surface area contributed by atoms with E-state index in [0.717, 1.165) is 18.6 Å². The van der Waals surface area contributed by atoms with Gasteiger partial charge in [0, 0.05) is 12.6 Å². The third-order valence-electron chi connectivity index (χ3n) is 6.40. The number of hydrogen-bond acceptors (Lipinski definition) is 4. The number of carbonyl (C=O) groups is 1. The summed E-state index contributed by atoms with van der Waals surface area (Å²) < 4.78 is 40.0. The Hall–Kier alpha value is -2.42. The first-order valence-corrected chi connectivity index (χ1v) is 11.0. The highest BCUT2D eigenvalue weighted by atomic mass is 19.4. The Bertz CT molecular complexity index is 895. The minimum Gasteiger partial charge on any atom is -0.351 e. The van der Waals surface area contributed by atoms with E-state index < -0.39 is 11.7 Å². The van der Waals surface area contributed by atoms with Gasteiger partial charge in [0.05, 0.1) is 18.3 Å². The van der Waals surface area contributed by atoms with Crippen molar-refractivity contribution in [2.75, 3.05) is 19.6 Å². The summed E-state index contributed by atoms with van der Waals surface area (Å²) in [5.41, 5.74) is -0.0849. The van der Waals surface area contributed by atoms with Crippen LogP contribution in [0.4, 0.5) is 13.2 Å². The Labute approximate surface area is 179 Å². The number of benzene rings is 1. The van der Waals surface area contributed by atoms with Crippen molar-refractivity contribution in [2.24, 2.45) is 5.92 Å². The van der Waals surface area contributed by atoms with Crippen molar-refractivity contribution in [3.05, 3.63) is 47.3 Å². The molecule has 2 aliphatic rings. The molecule has 2 atom stereocenters. The lowest BCUT2D eigenvalue weighted by molar-refractivity contribution is -0.137. The summed E-state index contributed by atoms with van der Waals surface area (Å²) in [5, 5.41) is 10.7. The molecule has 31 heavy (non-hydrogen) atoms. The number of aromatic nitrogens is 3. The molecule has 0 spiro atoms. The van der Waals surface area contributed by atoms with E-state index in [0.29, 0.717) is 24.1 Å². The molecule has 2 saturated heterocycles. The van der Waals surface area contributed by atoms with Crippen LogP contribution >= 0.6 is 0 Å². The fourth-order valence-corrected chi connectivity index (χ4v) is 4.89. The van der Waals surface area contributed by atoms with Crippen molar-refractivity contribution in [1.82, 2.24) is 25.2 Å². The van der Waals surface area contributed by atoms with Crippen molar-refractivity contribution in [2.45, 2.75) is 57.3 Å². The molecule has 1 aromatic heterocycles. The van der Waals surface area contributed by atoms with Crippen molar-refractivity contribution < 1.29 is 18.0 Å². The summed E-state index contributed by atoms with van der Waals surface area (Å²) >= 11 is 0. The van der Waals surface area contributed by atoms with Crippen LogP contribution in [-0.2, 0) is 12.7 Å². The molecular formula is C22H28F3N5O. The van der Waals surface area contributed by atoms with Crippen LogP contribution in [-0.4, -0.2) is 51.5 Å². The average molecular weight is 435 g/mol. The third-order valence-corrected chi connectivity index (χ3v) is 6.40. The molecule has 0 unspecified atom stereocenters. The van der Waals surface area contributed by atoms with Crippen LogP contribution in [0.2, 0.25) is 0 Å². The molecule has 0 aliphatic carbocycles. The van der Waals surface area contributed by atoms with Crippen LogP contribution in [0, 0.1) is 5.92 Å². The van der Waals surface area contributed by atoms with Crippen molar-refractivity contribution in [3.8, 4) is 0 Å². The summed E-state index contributed by atoms with van der Waals surface area (Å²) in [6.07, 6.45) is 4.29. The fraction of sp³-hybridized carbons (Fsp3) is 0.591. The van der Waals surface area contributed by atoms with Gasteiger partial charge in [-0.15, -0.1) is 5.10 Å². The highest BCUT2D eigenvalue weighted by molar-refractivity contribution is 5.91. The number of amides is 1. The second-order valence-electron chi connectivity index (χ2n) is 8.55. The largest absolute Gasteiger partial charge is 0.416 e. The Morgan fingerprint density at radius 3 is 2.84 bits per heavy atom. The quantitative estimate of drug-likeness (QED) is 0.751. The number of rotatable bonds is 6. The molecule has 2 aromatic rings. The Morgan fingerprint density at radius 1 is 1.16 bits per heavy atom. The molecule has 2 aliphatic heterocycles. The summed E-state index contributed by atoms with van der Waals surface area (Å²) in [7, 11) is 0. The molecule has 1 amide bonds. The van der Waals surface area contributed by atoms with E-state index in [4.69, 9.17) is 0 Å². The highest BCUT2D eigenvalue weighted by Crippen LogP contribution is 2.32. The maximum Gasteiger partial charge on any atom is 0.416 e. The maximum atomic E-state index is 12.9. The molecule has 4 rings (SSSR count). The van der Waals surface area contributed by atoms with Crippen LogP contribution in [0.5, 0.6) is 0 Å². The standard InChI is InChI=1S/C22H28F3N5O/c23-22(24,25)18-7-3-5-16(13-18)14-30-15-19(27-28-30)21(31)26-10-9-17-6-4-12-29-11-2-1-8-20(17)29/h3,5,7,13,15,17,20H,1-2,4,6,8-12,14H2,(H,26,31)/t17-,20+/m0/s1. The summed E-state index contributed by atoms with van der Waals surface area (Å²) in [6.45, 7) is 3.10. The van der Waals surface area contributed by atoms with E-state index in [-0.39, 0.29) is 18.1 Å². The van der Waals surface area contributed by atoms with Gasteiger partial charge in [-0.25, -0.2) is 4.68 Å². The lowest BCUT2D eigenvalue weighted by Crippen LogP contribution is -2.48. The van der Waals surface area contributed by atoms with Crippen LogP contribution in [0.1, 0.15) is 60.1 Å². The zero-order valence-electron chi connectivity index (χ0n) is 17.4. The van der Waals surface area contributed by atoms with Crippen LogP contribution in [0.15, 0.2) is 30.5 Å². The molecule has 1 N–H and O–H groups in total. The number of alkyl halides is 3. The number of nitrogens with zero attached hydrogens (tertiary/aromatic N) is 4. The Balaban J connectivity index is 1.28. The lowest BCUT2D eigenvalue weighted by atomic mass is 9.82. The number of carbonyl (C=O) groups excluding carboxylic acids is 1. The highest BCUT2D eigenvalue weighted by Gasteiger charge is 2.32. The molecule has 6 nitrogen and oxygen atoms in total. The van der Waals surface area contributed by atoms with E-state index in [2.05, 4.69) is 20.5 Å². The minimum absolute atomic E-state index is 0.115. The first kappa shape index (κ1) is 21.8. The minimum atomic E-state index is -4.39. The van der Waals surface area contributed by atoms with Crippen LogP contribution in [0.25, 0.3) is 0 Å². The van der Waals surface area contributed by atoms with Gasteiger partial charge in [-0.05, 0) is 68.8 Å². The molecule has 0 radical (unpaired) electrons. The molecule has 3 heterocycles. The smallest absolute Gasteiger partial charge is 0.351 e. The molecule has 1 aromatic carbocycles. The SMILES string of the molecule is O=C(NCC[C@@H]1CCCN2CCCC[C@H]12)c1cn(Cc2cccc(C(F)(F)F)c2)nn1. The van der Waals surface area contributed by atoms with Crippen molar-refractivity contribution in [3.63, 3.8) is 0 Å². The van der Waals surface area contributed by atoms with Gasteiger partial charge in [0.1, 0.15) is 0 Å². The topological polar surface area (TPSA) is 63.1 Å². The zero-order valence-corrected chi connectivity index (χ0v) is 17.4. The molecule has 0 saturated carbocycles. The van der Waals surface area contributed by atoms with E-state index in [1.165, 1.54) is 62.1 Å². The number of piperidine rings is 2. The van der Waals surface area contributed by atoms with Gasteiger partial charge in [0.15, 0.2) is 5.69 Å². The first-order chi connectivity index (χ1) is 14.9. The van der Waals surface area contributed by atoms with E-state index in [9.17, 15) is 18.0 Å². The number of fused-ring (bicyclic) bond motifs is 1. The average Bonchev–Trinajstić information content (AvgIpc) is 3.22. The Kier molecular flexibility index (Phi) is 6.60. The zero-order chi connectivity index (χ0) is 21.8. The van der Waals surface area contributed by atoms with Gasteiger partial charge >= 0.3 is 6.18 Å².